The molecule has 0 radical (unpaired) electrons. The molecule has 1 aliphatic rings. The summed E-state index contributed by atoms with van der Waals surface area (Å²) in [5, 5.41) is 13.5. The van der Waals surface area contributed by atoms with Gasteiger partial charge in [-0.1, -0.05) is 18.0 Å². The second kappa shape index (κ2) is 6.82. The molecule has 1 aromatic carbocycles. The van der Waals surface area contributed by atoms with E-state index in [1.54, 1.807) is 11.9 Å². The topological polar surface area (TPSA) is 87.0 Å². The Kier molecular flexibility index (Phi) is 4.54. The molecule has 3 aromatic rings. The van der Waals surface area contributed by atoms with Crippen LogP contribution in [0.1, 0.15) is 43.0 Å². The van der Waals surface area contributed by atoms with Crippen LogP contribution in [-0.4, -0.2) is 26.3 Å². The fraction of sp³-hybridized carbons (Fsp3) is 0.444. The summed E-state index contributed by atoms with van der Waals surface area (Å²) < 4.78 is 8.91. The number of fused-ring (bicyclic) bond motifs is 1. The summed E-state index contributed by atoms with van der Waals surface area (Å²) in [5.41, 5.74) is 4.74. The minimum atomic E-state index is -0.102. The van der Waals surface area contributed by atoms with E-state index in [9.17, 15) is 5.11 Å². The number of nitrogens with zero attached hydrogens (tertiary/aromatic N) is 2. The first-order valence-corrected chi connectivity index (χ1v) is 9.46. The van der Waals surface area contributed by atoms with Crippen molar-refractivity contribution in [2.45, 2.75) is 57.1 Å². The quantitative estimate of drug-likeness (QED) is 0.600. The maximum absolute atomic E-state index is 9.43. The Hall–Kier alpha value is -1.83. The summed E-state index contributed by atoms with van der Waals surface area (Å²) in [4.78, 5) is 8.79. The second-order valence-electron chi connectivity index (χ2n) is 6.61. The highest BCUT2D eigenvalue weighted by molar-refractivity contribution is 7.97. The highest BCUT2D eigenvalue weighted by Gasteiger charge is 2.19. The van der Waals surface area contributed by atoms with E-state index in [0.717, 1.165) is 38.5 Å². The largest absolute Gasteiger partial charge is 0.388 e. The van der Waals surface area contributed by atoms with E-state index in [1.165, 1.54) is 25.7 Å². The molecule has 0 unspecified atom stereocenters. The summed E-state index contributed by atoms with van der Waals surface area (Å²) in [5.74, 6) is 1.38. The van der Waals surface area contributed by atoms with Crippen LogP contribution in [-0.2, 0) is 6.61 Å². The maximum Gasteiger partial charge on any atom is 0.141 e. The molecule has 0 aliphatic heterocycles. The van der Waals surface area contributed by atoms with Gasteiger partial charge >= 0.3 is 0 Å². The van der Waals surface area contributed by atoms with Crippen molar-refractivity contribution >= 4 is 23.0 Å². The fourth-order valence-electron chi connectivity index (χ4n) is 3.52. The van der Waals surface area contributed by atoms with Gasteiger partial charge in [-0.3, -0.25) is 4.72 Å². The molecule has 1 saturated carbocycles. The molecule has 132 valence electrons. The van der Waals surface area contributed by atoms with E-state index >= 15 is 0 Å². The summed E-state index contributed by atoms with van der Waals surface area (Å²) >= 11 is 1.63. The zero-order valence-corrected chi connectivity index (χ0v) is 15.2. The molecule has 7 heteroatoms. The van der Waals surface area contributed by atoms with E-state index < -0.39 is 0 Å². The lowest BCUT2D eigenvalue weighted by Gasteiger charge is -2.12. The zero-order valence-electron chi connectivity index (χ0n) is 14.4. The van der Waals surface area contributed by atoms with E-state index in [1.807, 2.05) is 19.9 Å². The van der Waals surface area contributed by atoms with Crippen LogP contribution in [0.25, 0.3) is 22.2 Å². The Bertz CT molecular complexity index is 876. The highest BCUT2D eigenvalue weighted by Crippen LogP contribution is 2.35. The van der Waals surface area contributed by atoms with Gasteiger partial charge in [-0.25, -0.2) is 4.98 Å². The molecule has 4 rings (SSSR count). The first-order valence-electron chi connectivity index (χ1n) is 8.65. The minimum Gasteiger partial charge on any atom is -0.388 e. The third-order valence-electron chi connectivity index (χ3n) is 4.76. The number of aliphatic hydroxyl groups is 1. The highest BCUT2D eigenvalue weighted by atomic mass is 32.2. The first-order chi connectivity index (χ1) is 12.2. The van der Waals surface area contributed by atoms with Gasteiger partial charge in [-0.2, -0.15) is 0 Å². The number of aryl methyl sites for hydroxylation is 2. The zero-order chi connectivity index (χ0) is 17.4. The Balaban J connectivity index is 1.76. The normalized spacial score (nSPS) is 15.5. The van der Waals surface area contributed by atoms with Crippen molar-refractivity contribution in [1.82, 2.24) is 19.8 Å². The van der Waals surface area contributed by atoms with E-state index in [2.05, 4.69) is 25.9 Å². The Morgan fingerprint density at radius 2 is 2.12 bits per heavy atom. The molecular weight excluding hydrogens is 336 g/mol. The summed E-state index contributed by atoms with van der Waals surface area (Å²) in [6.07, 6.45) is 5.04. The van der Waals surface area contributed by atoms with Crippen LogP contribution in [0, 0.1) is 13.8 Å². The van der Waals surface area contributed by atoms with E-state index in [-0.39, 0.29) is 6.61 Å². The summed E-state index contributed by atoms with van der Waals surface area (Å²) in [6, 6.07) is 4.73. The van der Waals surface area contributed by atoms with Gasteiger partial charge in [0.15, 0.2) is 0 Å². The predicted molar refractivity (Wildman–Crippen MR) is 98.2 cm³/mol. The molecule has 0 saturated heterocycles. The van der Waals surface area contributed by atoms with Crippen LogP contribution < -0.4 is 4.72 Å². The standard InChI is InChI=1S/C18H22N4O2S/c1-10-17(11(2)24-21-10)12-7-14-18(20-16(9-23)19-14)15(8-12)25-22-13-5-3-4-6-13/h7-8,13,22-23H,3-6,9H2,1-2H3,(H,19,20). The van der Waals surface area contributed by atoms with Crippen molar-refractivity contribution < 1.29 is 9.63 Å². The van der Waals surface area contributed by atoms with Gasteiger partial charge in [0.25, 0.3) is 0 Å². The monoisotopic (exact) mass is 358 g/mol. The molecule has 1 aliphatic carbocycles. The number of nitrogens with one attached hydrogen (secondary N) is 2. The Labute approximate surface area is 150 Å². The van der Waals surface area contributed by atoms with Crippen molar-refractivity contribution in [2.24, 2.45) is 0 Å². The van der Waals surface area contributed by atoms with Crippen LogP contribution in [0.4, 0.5) is 0 Å². The number of benzene rings is 1. The molecular formula is C18H22N4O2S. The lowest BCUT2D eigenvalue weighted by Crippen LogP contribution is -2.18. The molecule has 0 amide bonds. The third-order valence-corrected chi connectivity index (χ3v) is 5.75. The Morgan fingerprint density at radius 3 is 2.80 bits per heavy atom. The van der Waals surface area contributed by atoms with Crippen molar-refractivity contribution in [2.75, 3.05) is 0 Å². The number of aromatic amines is 1. The smallest absolute Gasteiger partial charge is 0.141 e. The average molecular weight is 358 g/mol. The van der Waals surface area contributed by atoms with Crippen molar-refractivity contribution in [1.29, 1.82) is 0 Å². The van der Waals surface area contributed by atoms with Gasteiger partial charge in [-0.05, 0) is 56.3 Å². The maximum atomic E-state index is 9.43. The van der Waals surface area contributed by atoms with Crippen LogP contribution in [0.3, 0.4) is 0 Å². The number of hydrogen-bond donors (Lipinski definition) is 3. The molecule has 2 aromatic heterocycles. The SMILES string of the molecule is Cc1noc(C)c1-c1cc(SNC2CCCC2)c2nc(CO)[nH]c2c1. The number of aromatic nitrogens is 3. The van der Waals surface area contributed by atoms with Gasteiger partial charge in [0.05, 0.1) is 16.1 Å². The van der Waals surface area contributed by atoms with Crippen molar-refractivity contribution in [3.63, 3.8) is 0 Å². The van der Waals surface area contributed by atoms with Crippen LogP contribution in [0.2, 0.25) is 0 Å². The molecule has 0 bridgehead atoms. The van der Waals surface area contributed by atoms with E-state index in [0.29, 0.717) is 11.9 Å². The van der Waals surface area contributed by atoms with Gasteiger partial charge in [0, 0.05) is 11.6 Å². The molecule has 3 N–H and O–H groups in total. The second-order valence-corrected chi connectivity index (χ2v) is 7.49. The van der Waals surface area contributed by atoms with Gasteiger partial charge < -0.3 is 14.6 Å². The fourth-order valence-corrected chi connectivity index (χ4v) is 4.49. The average Bonchev–Trinajstić information content (AvgIpc) is 3.32. The summed E-state index contributed by atoms with van der Waals surface area (Å²) in [6.45, 7) is 3.77. The van der Waals surface area contributed by atoms with Crippen LogP contribution in [0.15, 0.2) is 21.6 Å². The molecule has 6 nitrogen and oxygen atoms in total. The van der Waals surface area contributed by atoms with Gasteiger partial charge in [-0.15, -0.1) is 0 Å². The van der Waals surface area contributed by atoms with Gasteiger partial charge in [0.1, 0.15) is 23.7 Å². The van der Waals surface area contributed by atoms with E-state index in [4.69, 9.17) is 4.52 Å². The van der Waals surface area contributed by atoms with Crippen LogP contribution >= 0.6 is 11.9 Å². The van der Waals surface area contributed by atoms with Crippen molar-refractivity contribution in [3.05, 3.63) is 29.4 Å². The third kappa shape index (κ3) is 3.19. The molecule has 1 fully saturated rings. The van der Waals surface area contributed by atoms with Crippen LogP contribution in [0.5, 0.6) is 0 Å². The lowest BCUT2D eigenvalue weighted by atomic mass is 10.0. The number of imidazole rings is 1. The number of rotatable bonds is 5. The number of hydrogen-bond acceptors (Lipinski definition) is 6. The minimum absolute atomic E-state index is 0.102. The predicted octanol–water partition coefficient (Wildman–Crippen LogP) is 3.87. The summed E-state index contributed by atoms with van der Waals surface area (Å²) in [7, 11) is 0. The lowest BCUT2D eigenvalue weighted by molar-refractivity contribution is 0.273. The Morgan fingerprint density at radius 1 is 1.32 bits per heavy atom. The van der Waals surface area contributed by atoms with Crippen molar-refractivity contribution in [3.8, 4) is 11.1 Å². The molecule has 25 heavy (non-hydrogen) atoms. The van der Waals surface area contributed by atoms with Gasteiger partial charge in [0.2, 0.25) is 0 Å². The number of aliphatic hydroxyl groups excluding tert-OH is 1. The molecule has 0 atom stereocenters. The molecule has 2 heterocycles. The first kappa shape index (κ1) is 16.6. The number of H-pyrrole nitrogens is 1. The molecule has 0 spiro atoms.